The minimum atomic E-state index is 0.634. The Morgan fingerprint density at radius 2 is 2.06 bits per heavy atom. The quantitative estimate of drug-likeness (QED) is 0.815. The Morgan fingerprint density at radius 3 is 2.71 bits per heavy atom. The van der Waals surface area contributed by atoms with E-state index in [0.29, 0.717) is 18.0 Å². The zero-order chi connectivity index (χ0) is 12.3. The second-order valence-corrected chi connectivity index (χ2v) is 5.88. The van der Waals surface area contributed by atoms with Crippen molar-refractivity contribution < 1.29 is 4.74 Å². The summed E-state index contributed by atoms with van der Waals surface area (Å²) in [7, 11) is 2.29. The Morgan fingerprint density at radius 1 is 1.29 bits per heavy atom. The van der Waals surface area contributed by atoms with E-state index in [2.05, 4.69) is 18.9 Å². The molecule has 1 aliphatic heterocycles. The molecule has 0 aromatic carbocycles. The van der Waals surface area contributed by atoms with Crippen LogP contribution in [0.4, 0.5) is 0 Å². The SMILES string of the molecule is CC(C1CCOC1)N(C)C1CCCCC1CN. The standard InChI is InChI=1S/C14H28N2O/c1-11(13-7-8-17-10-13)16(2)14-6-4-3-5-12(14)9-15/h11-14H,3-10,15H2,1-2H3. The molecular formula is C14H28N2O. The van der Waals surface area contributed by atoms with Crippen molar-refractivity contribution in [3.63, 3.8) is 0 Å². The number of nitrogens with two attached hydrogens (primary N) is 1. The van der Waals surface area contributed by atoms with Crippen LogP contribution in [-0.4, -0.2) is 43.8 Å². The van der Waals surface area contributed by atoms with Gasteiger partial charge in [-0.3, -0.25) is 0 Å². The van der Waals surface area contributed by atoms with Crippen molar-refractivity contribution in [1.29, 1.82) is 0 Å². The van der Waals surface area contributed by atoms with E-state index in [1.165, 1.54) is 32.1 Å². The Bertz CT molecular complexity index is 228. The third-order valence-electron chi connectivity index (χ3n) is 4.98. The maximum atomic E-state index is 5.93. The molecule has 1 aliphatic carbocycles. The molecule has 0 amide bonds. The molecule has 2 N–H and O–H groups in total. The molecule has 0 bridgehead atoms. The molecule has 17 heavy (non-hydrogen) atoms. The first kappa shape index (κ1) is 13.3. The van der Waals surface area contributed by atoms with Crippen LogP contribution in [-0.2, 0) is 4.74 Å². The predicted octanol–water partition coefficient (Wildman–Crippen LogP) is 1.86. The third-order valence-corrected chi connectivity index (χ3v) is 4.98. The second-order valence-electron chi connectivity index (χ2n) is 5.88. The minimum absolute atomic E-state index is 0.634. The van der Waals surface area contributed by atoms with Crippen LogP contribution in [0.3, 0.4) is 0 Å². The zero-order valence-corrected chi connectivity index (χ0v) is 11.4. The van der Waals surface area contributed by atoms with Crippen LogP contribution in [0.5, 0.6) is 0 Å². The average molecular weight is 240 g/mol. The van der Waals surface area contributed by atoms with Gasteiger partial charge in [-0.25, -0.2) is 0 Å². The van der Waals surface area contributed by atoms with E-state index in [4.69, 9.17) is 10.5 Å². The number of ether oxygens (including phenoxy) is 1. The molecule has 100 valence electrons. The molecule has 2 fully saturated rings. The Balaban J connectivity index is 1.93. The Kier molecular flexibility index (Phi) is 4.83. The highest BCUT2D eigenvalue weighted by molar-refractivity contribution is 4.87. The summed E-state index contributed by atoms with van der Waals surface area (Å²) in [6.45, 7) is 5.11. The van der Waals surface area contributed by atoms with Crippen molar-refractivity contribution in [3.05, 3.63) is 0 Å². The van der Waals surface area contributed by atoms with Crippen LogP contribution in [0.1, 0.15) is 39.0 Å². The molecule has 1 saturated carbocycles. The van der Waals surface area contributed by atoms with Gasteiger partial charge in [-0.1, -0.05) is 12.8 Å². The van der Waals surface area contributed by atoms with E-state index in [0.717, 1.165) is 25.7 Å². The maximum absolute atomic E-state index is 5.93. The van der Waals surface area contributed by atoms with Gasteiger partial charge in [0.25, 0.3) is 0 Å². The van der Waals surface area contributed by atoms with Crippen LogP contribution < -0.4 is 5.73 Å². The highest BCUT2D eigenvalue weighted by atomic mass is 16.5. The maximum Gasteiger partial charge on any atom is 0.0509 e. The number of hydrogen-bond acceptors (Lipinski definition) is 3. The molecule has 4 atom stereocenters. The number of rotatable bonds is 4. The molecule has 2 aliphatic rings. The Hall–Kier alpha value is -0.120. The molecule has 3 nitrogen and oxygen atoms in total. The van der Waals surface area contributed by atoms with E-state index >= 15 is 0 Å². The molecule has 2 rings (SSSR count). The first-order valence-corrected chi connectivity index (χ1v) is 7.23. The lowest BCUT2D eigenvalue weighted by atomic mass is 9.82. The van der Waals surface area contributed by atoms with Crippen molar-refractivity contribution in [1.82, 2.24) is 4.90 Å². The first-order valence-electron chi connectivity index (χ1n) is 7.23. The van der Waals surface area contributed by atoms with Crippen LogP contribution in [0.25, 0.3) is 0 Å². The molecule has 0 aromatic heterocycles. The van der Waals surface area contributed by atoms with Crippen molar-refractivity contribution in [2.75, 3.05) is 26.8 Å². The van der Waals surface area contributed by atoms with Gasteiger partial charge in [0.05, 0.1) is 6.61 Å². The summed E-state index contributed by atoms with van der Waals surface area (Å²) in [6, 6.07) is 1.33. The normalized spacial score (nSPS) is 36.4. The highest BCUT2D eigenvalue weighted by Gasteiger charge is 2.33. The van der Waals surface area contributed by atoms with Crippen LogP contribution in [0.2, 0.25) is 0 Å². The van der Waals surface area contributed by atoms with Gasteiger partial charge in [-0.15, -0.1) is 0 Å². The summed E-state index contributed by atoms with van der Waals surface area (Å²) in [5.41, 5.74) is 5.93. The van der Waals surface area contributed by atoms with E-state index in [1.54, 1.807) is 0 Å². The molecule has 0 radical (unpaired) electrons. The summed E-state index contributed by atoms with van der Waals surface area (Å²) < 4.78 is 5.52. The number of hydrogen-bond donors (Lipinski definition) is 1. The molecular weight excluding hydrogens is 212 g/mol. The van der Waals surface area contributed by atoms with Gasteiger partial charge in [0.15, 0.2) is 0 Å². The first-order chi connectivity index (χ1) is 8.24. The largest absolute Gasteiger partial charge is 0.381 e. The monoisotopic (exact) mass is 240 g/mol. The van der Waals surface area contributed by atoms with E-state index in [1.807, 2.05) is 0 Å². The highest BCUT2D eigenvalue weighted by Crippen LogP contribution is 2.31. The van der Waals surface area contributed by atoms with E-state index in [-0.39, 0.29) is 0 Å². The van der Waals surface area contributed by atoms with Crippen molar-refractivity contribution >= 4 is 0 Å². The fourth-order valence-electron chi connectivity index (χ4n) is 3.57. The van der Waals surface area contributed by atoms with Gasteiger partial charge >= 0.3 is 0 Å². The third kappa shape index (κ3) is 3.01. The van der Waals surface area contributed by atoms with Gasteiger partial charge in [0.2, 0.25) is 0 Å². The lowest BCUT2D eigenvalue weighted by Gasteiger charge is -2.42. The molecule has 3 heteroatoms. The number of nitrogens with zero attached hydrogens (tertiary/aromatic N) is 1. The van der Waals surface area contributed by atoms with E-state index in [9.17, 15) is 0 Å². The van der Waals surface area contributed by atoms with Gasteiger partial charge in [0, 0.05) is 18.7 Å². The van der Waals surface area contributed by atoms with E-state index < -0.39 is 0 Å². The zero-order valence-electron chi connectivity index (χ0n) is 11.4. The van der Waals surface area contributed by atoms with Gasteiger partial charge < -0.3 is 15.4 Å². The minimum Gasteiger partial charge on any atom is -0.381 e. The van der Waals surface area contributed by atoms with Crippen LogP contribution in [0.15, 0.2) is 0 Å². The van der Waals surface area contributed by atoms with Crippen LogP contribution >= 0.6 is 0 Å². The fraction of sp³-hybridized carbons (Fsp3) is 1.00. The topological polar surface area (TPSA) is 38.5 Å². The average Bonchev–Trinajstić information content (AvgIpc) is 2.90. The fourth-order valence-corrected chi connectivity index (χ4v) is 3.57. The van der Waals surface area contributed by atoms with Gasteiger partial charge in [-0.2, -0.15) is 0 Å². The summed E-state index contributed by atoms with van der Waals surface area (Å²) in [6.07, 6.45) is 6.62. The van der Waals surface area contributed by atoms with Crippen molar-refractivity contribution in [2.24, 2.45) is 17.6 Å². The smallest absolute Gasteiger partial charge is 0.0509 e. The predicted molar refractivity (Wildman–Crippen MR) is 71.0 cm³/mol. The van der Waals surface area contributed by atoms with Crippen molar-refractivity contribution in [3.8, 4) is 0 Å². The molecule has 0 spiro atoms. The van der Waals surface area contributed by atoms with Gasteiger partial charge in [0.1, 0.15) is 0 Å². The summed E-state index contributed by atoms with van der Waals surface area (Å²) in [4.78, 5) is 2.59. The summed E-state index contributed by atoms with van der Waals surface area (Å²) >= 11 is 0. The molecule has 1 heterocycles. The van der Waals surface area contributed by atoms with Crippen molar-refractivity contribution in [2.45, 2.75) is 51.1 Å². The summed E-state index contributed by atoms with van der Waals surface area (Å²) in [5.74, 6) is 1.43. The van der Waals surface area contributed by atoms with Gasteiger partial charge in [-0.05, 0) is 51.6 Å². The molecule has 4 unspecified atom stereocenters. The second kappa shape index (κ2) is 6.17. The molecule has 1 saturated heterocycles. The lowest BCUT2D eigenvalue weighted by Crippen LogP contribution is -2.49. The summed E-state index contributed by atoms with van der Waals surface area (Å²) in [5, 5.41) is 0. The Labute approximate surface area is 106 Å². The lowest BCUT2D eigenvalue weighted by molar-refractivity contribution is 0.0661. The van der Waals surface area contributed by atoms with Crippen LogP contribution in [0, 0.1) is 11.8 Å². The molecule has 0 aromatic rings.